The number of terminal acetylenes is 1. The number of hydrogen-bond donors (Lipinski definition) is 1. The molecule has 0 fully saturated rings. The van der Waals surface area contributed by atoms with Crippen molar-refractivity contribution in [3.63, 3.8) is 0 Å². The van der Waals surface area contributed by atoms with E-state index in [4.69, 9.17) is 6.42 Å². The van der Waals surface area contributed by atoms with Gasteiger partial charge in [0.2, 0.25) is 10.0 Å². The van der Waals surface area contributed by atoms with Crippen molar-refractivity contribution in [2.45, 2.75) is 6.04 Å². The molecule has 0 aromatic rings. The largest absolute Gasteiger partial charge is 0.467 e. The monoisotopic (exact) mass is 191 g/mol. The molecule has 0 heterocycles. The fourth-order valence-electron chi connectivity index (χ4n) is 0.482. The Balaban J connectivity index is 4.43. The molecule has 6 heteroatoms. The Morgan fingerprint density at radius 3 is 2.42 bits per heavy atom. The lowest BCUT2D eigenvalue weighted by atomic mass is 10.3. The maximum absolute atomic E-state index is 10.7. The topological polar surface area (TPSA) is 72.5 Å². The molecular weight excluding hydrogens is 182 g/mol. The van der Waals surface area contributed by atoms with Crippen LogP contribution in [0.25, 0.3) is 0 Å². The van der Waals surface area contributed by atoms with E-state index in [2.05, 4.69) is 4.74 Å². The van der Waals surface area contributed by atoms with Crippen molar-refractivity contribution in [1.82, 2.24) is 4.72 Å². The van der Waals surface area contributed by atoms with E-state index < -0.39 is 22.0 Å². The molecule has 0 saturated heterocycles. The Morgan fingerprint density at radius 2 is 2.17 bits per heavy atom. The van der Waals surface area contributed by atoms with Crippen LogP contribution in [0.3, 0.4) is 0 Å². The van der Waals surface area contributed by atoms with Crippen molar-refractivity contribution >= 4 is 16.0 Å². The quantitative estimate of drug-likeness (QED) is 0.445. The second-order valence-electron chi connectivity index (χ2n) is 2.01. The molecule has 0 aliphatic heterocycles. The first-order chi connectivity index (χ1) is 5.40. The lowest BCUT2D eigenvalue weighted by Gasteiger charge is -2.07. The first kappa shape index (κ1) is 10.9. The third-order valence-electron chi connectivity index (χ3n) is 0.935. The molecule has 0 rings (SSSR count). The molecule has 5 nitrogen and oxygen atoms in total. The Hall–Kier alpha value is -1.06. The molecule has 12 heavy (non-hydrogen) atoms. The van der Waals surface area contributed by atoms with Gasteiger partial charge in [-0.25, -0.2) is 13.2 Å². The predicted octanol–water partition coefficient (Wildman–Crippen LogP) is -1.29. The van der Waals surface area contributed by atoms with E-state index in [0.717, 1.165) is 13.4 Å². The predicted molar refractivity (Wildman–Crippen MR) is 42.6 cm³/mol. The Labute approximate surface area is 71.1 Å². The van der Waals surface area contributed by atoms with Crippen molar-refractivity contribution < 1.29 is 17.9 Å². The summed E-state index contributed by atoms with van der Waals surface area (Å²) < 4.78 is 27.4. The summed E-state index contributed by atoms with van der Waals surface area (Å²) in [5.74, 6) is 1.14. The third-order valence-corrected chi connectivity index (χ3v) is 1.60. The molecule has 1 unspecified atom stereocenters. The van der Waals surface area contributed by atoms with Gasteiger partial charge in [0.25, 0.3) is 0 Å². The summed E-state index contributed by atoms with van der Waals surface area (Å²) >= 11 is 0. The fourth-order valence-corrected chi connectivity index (χ4v) is 1.07. The Bertz CT molecular complexity index is 300. The maximum atomic E-state index is 10.7. The minimum absolute atomic E-state index is 0.803. The van der Waals surface area contributed by atoms with Crippen molar-refractivity contribution in [2.75, 3.05) is 13.4 Å². The number of hydrogen-bond acceptors (Lipinski definition) is 4. The van der Waals surface area contributed by atoms with E-state index in [1.54, 1.807) is 0 Å². The minimum atomic E-state index is -3.48. The Kier molecular flexibility index (Phi) is 3.73. The number of rotatable bonds is 3. The van der Waals surface area contributed by atoms with Gasteiger partial charge in [-0.15, -0.1) is 6.42 Å². The summed E-state index contributed by atoms with van der Waals surface area (Å²) in [6.07, 6.45) is 5.78. The molecule has 0 aromatic heterocycles. The lowest BCUT2D eigenvalue weighted by molar-refractivity contribution is -0.141. The highest BCUT2D eigenvalue weighted by molar-refractivity contribution is 7.88. The number of nitrogens with one attached hydrogen (secondary N) is 1. The van der Waals surface area contributed by atoms with Crippen LogP contribution in [0.1, 0.15) is 0 Å². The van der Waals surface area contributed by atoms with Gasteiger partial charge >= 0.3 is 5.97 Å². The highest BCUT2D eigenvalue weighted by Crippen LogP contribution is 1.88. The first-order valence-electron chi connectivity index (χ1n) is 2.92. The van der Waals surface area contributed by atoms with Crippen LogP contribution in [-0.4, -0.2) is 33.8 Å². The van der Waals surface area contributed by atoms with Gasteiger partial charge in [0.1, 0.15) is 0 Å². The number of sulfonamides is 1. The molecule has 0 aliphatic carbocycles. The summed E-state index contributed by atoms with van der Waals surface area (Å²) in [7, 11) is -2.36. The summed E-state index contributed by atoms with van der Waals surface area (Å²) in [5, 5.41) is 0. The first-order valence-corrected chi connectivity index (χ1v) is 4.81. The smallest absolute Gasteiger partial charge is 0.336 e. The second kappa shape index (κ2) is 4.09. The summed E-state index contributed by atoms with van der Waals surface area (Å²) in [6.45, 7) is 0. The molecule has 68 valence electrons. The molecule has 0 radical (unpaired) electrons. The van der Waals surface area contributed by atoms with E-state index >= 15 is 0 Å². The molecular formula is C6H9NO4S. The van der Waals surface area contributed by atoms with Gasteiger partial charge in [0, 0.05) is 0 Å². The van der Waals surface area contributed by atoms with Crippen LogP contribution >= 0.6 is 0 Å². The summed E-state index contributed by atoms with van der Waals surface area (Å²) in [4.78, 5) is 10.7. The SMILES string of the molecule is C#CC(NS(C)(=O)=O)C(=O)OC. The van der Waals surface area contributed by atoms with Crippen LogP contribution in [0, 0.1) is 12.3 Å². The van der Waals surface area contributed by atoms with Crippen LogP contribution in [-0.2, 0) is 19.6 Å². The van der Waals surface area contributed by atoms with Gasteiger partial charge in [0.05, 0.1) is 13.4 Å². The zero-order valence-electron chi connectivity index (χ0n) is 6.70. The summed E-state index contributed by atoms with van der Waals surface area (Å²) in [6, 6.07) is -1.25. The third kappa shape index (κ3) is 3.95. The van der Waals surface area contributed by atoms with Crippen LogP contribution in [0.15, 0.2) is 0 Å². The van der Waals surface area contributed by atoms with E-state index in [1.807, 2.05) is 10.6 Å². The fraction of sp³-hybridized carbons (Fsp3) is 0.500. The molecule has 0 saturated carbocycles. The summed E-state index contributed by atoms with van der Waals surface area (Å²) in [5.41, 5.74) is 0. The van der Waals surface area contributed by atoms with E-state index in [1.165, 1.54) is 0 Å². The van der Waals surface area contributed by atoms with E-state index in [9.17, 15) is 13.2 Å². The second-order valence-corrected chi connectivity index (χ2v) is 3.79. The molecule has 0 aromatic carbocycles. The number of ether oxygens (including phenoxy) is 1. The van der Waals surface area contributed by atoms with Crippen LogP contribution < -0.4 is 4.72 Å². The molecule has 1 N–H and O–H groups in total. The zero-order chi connectivity index (χ0) is 9.78. The van der Waals surface area contributed by atoms with Crippen molar-refractivity contribution in [2.24, 2.45) is 0 Å². The van der Waals surface area contributed by atoms with Gasteiger partial charge in [-0.1, -0.05) is 5.92 Å². The zero-order valence-corrected chi connectivity index (χ0v) is 7.51. The molecule has 1 atom stereocenters. The normalized spacial score (nSPS) is 13.1. The Morgan fingerprint density at radius 1 is 1.67 bits per heavy atom. The average molecular weight is 191 g/mol. The van der Waals surface area contributed by atoms with Crippen LogP contribution in [0.4, 0.5) is 0 Å². The lowest BCUT2D eigenvalue weighted by Crippen LogP contribution is -2.39. The van der Waals surface area contributed by atoms with Gasteiger partial charge in [-0.05, 0) is 0 Å². The number of carbonyl (C=O) groups is 1. The van der Waals surface area contributed by atoms with E-state index in [0.29, 0.717) is 0 Å². The number of methoxy groups -OCH3 is 1. The van der Waals surface area contributed by atoms with Crippen molar-refractivity contribution in [3.05, 3.63) is 0 Å². The molecule has 0 aliphatic rings. The van der Waals surface area contributed by atoms with Gasteiger partial charge in [0.15, 0.2) is 6.04 Å². The molecule has 0 spiro atoms. The van der Waals surface area contributed by atoms with Gasteiger partial charge < -0.3 is 4.74 Å². The van der Waals surface area contributed by atoms with Crippen molar-refractivity contribution in [3.8, 4) is 12.3 Å². The van der Waals surface area contributed by atoms with Gasteiger partial charge in [-0.2, -0.15) is 4.72 Å². The molecule has 0 amide bonds. The number of esters is 1. The van der Waals surface area contributed by atoms with Crippen LogP contribution in [0.5, 0.6) is 0 Å². The maximum Gasteiger partial charge on any atom is 0.336 e. The van der Waals surface area contributed by atoms with E-state index in [-0.39, 0.29) is 0 Å². The van der Waals surface area contributed by atoms with Crippen LogP contribution in [0.2, 0.25) is 0 Å². The number of carbonyl (C=O) groups excluding carboxylic acids is 1. The van der Waals surface area contributed by atoms with Gasteiger partial charge in [-0.3, -0.25) is 0 Å². The average Bonchev–Trinajstić information content (AvgIpc) is 1.97. The molecule has 0 bridgehead atoms. The standard InChI is InChI=1S/C6H9NO4S/c1-4-5(6(8)11-2)7-12(3,9)10/h1,5,7H,2-3H3. The highest BCUT2D eigenvalue weighted by atomic mass is 32.2. The van der Waals surface area contributed by atoms with Crippen molar-refractivity contribution in [1.29, 1.82) is 0 Å². The highest BCUT2D eigenvalue weighted by Gasteiger charge is 2.19. The minimum Gasteiger partial charge on any atom is -0.467 e.